The molecule has 2 N–H and O–H groups in total. The van der Waals surface area contributed by atoms with E-state index in [-0.39, 0.29) is 11.4 Å². The molecule has 5 heteroatoms. The minimum absolute atomic E-state index is 0.0119. The number of hydrogen-bond acceptors (Lipinski definition) is 3. The van der Waals surface area contributed by atoms with Crippen molar-refractivity contribution in [2.45, 2.75) is 71.9 Å². The molecule has 0 rings (SSSR count). The monoisotopic (exact) mass is 272 g/mol. The molecular formula is C14H28N2O3. The van der Waals surface area contributed by atoms with Gasteiger partial charge in [0.05, 0.1) is 0 Å². The molecule has 2 amide bonds. The maximum absolute atomic E-state index is 11.6. The van der Waals surface area contributed by atoms with Crippen molar-refractivity contribution in [1.29, 1.82) is 0 Å². The Hall–Kier alpha value is -1.26. The van der Waals surface area contributed by atoms with Gasteiger partial charge in [-0.15, -0.1) is 0 Å². The highest BCUT2D eigenvalue weighted by atomic mass is 16.6. The number of alkyl carbamates (subject to hydrolysis) is 1. The first-order valence-electron chi connectivity index (χ1n) is 6.83. The molecule has 0 unspecified atom stereocenters. The maximum Gasteiger partial charge on any atom is 0.407 e. The van der Waals surface area contributed by atoms with Crippen LogP contribution in [0.4, 0.5) is 4.79 Å². The largest absolute Gasteiger partial charge is 0.444 e. The van der Waals surface area contributed by atoms with E-state index in [0.29, 0.717) is 19.4 Å². The Kier molecular flexibility index (Phi) is 6.87. The summed E-state index contributed by atoms with van der Waals surface area (Å²) in [6, 6.07) is 0. The molecule has 0 aromatic carbocycles. The molecule has 19 heavy (non-hydrogen) atoms. The number of carbonyl (C=O) groups excluding carboxylic acids is 2. The van der Waals surface area contributed by atoms with Crippen LogP contribution in [0.2, 0.25) is 0 Å². The van der Waals surface area contributed by atoms with E-state index in [2.05, 4.69) is 10.6 Å². The SMILES string of the molecule is CCC(C)(C)NC(=O)CCCNC(=O)OC(C)(C)C. The fraction of sp³-hybridized carbons (Fsp3) is 0.857. The van der Waals surface area contributed by atoms with E-state index in [1.807, 2.05) is 41.5 Å². The number of amides is 2. The van der Waals surface area contributed by atoms with Crippen LogP contribution in [0.25, 0.3) is 0 Å². The van der Waals surface area contributed by atoms with E-state index in [1.165, 1.54) is 0 Å². The summed E-state index contributed by atoms with van der Waals surface area (Å²) in [7, 11) is 0. The predicted octanol–water partition coefficient (Wildman–Crippen LogP) is 2.60. The molecule has 5 nitrogen and oxygen atoms in total. The fourth-order valence-electron chi connectivity index (χ4n) is 1.28. The molecule has 0 bridgehead atoms. The van der Waals surface area contributed by atoms with Gasteiger partial charge in [0.25, 0.3) is 0 Å². The Balaban J connectivity index is 3.76. The molecule has 0 radical (unpaired) electrons. The number of ether oxygens (including phenoxy) is 1. The molecule has 0 saturated carbocycles. The van der Waals surface area contributed by atoms with Crippen LogP contribution in [-0.2, 0) is 9.53 Å². The zero-order chi connectivity index (χ0) is 15.1. The third kappa shape index (κ3) is 10.4. The number of hydrogen-bond donors (Lipinski definition) is 2. The lowest BCUT2D eigenvalue weighted by Gasteiger charge is -2.24. The second kappa shape index (κ2) is 7.36. The Bertz CT molecular complexity index is 306. The van der Waals surface area contributed by atoms with Gasteiger partial charge in [-0.2, -0.15) is 0 Å². The lowest BCUT2D eigenvalue weighted by Crippen LogP contribution is -2.43. The van der Waals surface area contributed by atoms with Gasteiger partial charge in [0.15, 0.2) is 0 Å². The van der Waals surface area contributed by atoms with Crippen molar-refractivity contribution >= 4 is 12.0 Å². The molecule has 112 valence electrons. The topological polar surface area (TPSA) is 67.4 Å². The standard InChI is InChI=1S/C14H28N2O3/c1-7-14(5,6)16-11(17)9-8-10-15-12(18)19-13(2,3)4/h7-10H2,1-6H3,(H,15,18)(H,16,17). The quantitative estimate of drug-likeness (QED) is 0.730. The zero-order valence-electron chi connectivity index (χ0n) is 13.1. The van der Waals surface area contributed by atoms with Crippen molar-refractivity contribution in [1.82, 2.24) is 10.6 Å². The number of rotatable bonds is 6. The molecule has 0 heterocycles. The summed E-state index contributed by atoms with van der Waals surface area (Å²) < 4.78 is 5.09. The highest BCUT2D eigenvalue weighted by molar-refractivity contribution is 5.76. The first-order valence-corrected chi connectivity index (χ1v) is 6.83. The van der Waals surface area contributed by atoms with Gasteiger partial charge in [-0.3, -0.25) is 4.79 Å². The summed E-state index contributed by atoms with van der Waals surface area (Å²) in [6.07, 6.45) is 1.45. The molecule has 0 spiro atoms. The van der Waals surface area contributed by atoms with Gasteiger partial charge in [-0.1, -0.05) is 6.92 Å². The smallest absolute Gasteiger partial charge is 0.407 e. The van der Waals surface area contributed by atoms with Gasteiger partial charge < -0.3 is 15.4 Å². The number of nitrogens with one attached hydrogen (secondary N) is 2. The highest BCUT2D eigenvalue weighted by Gasteiger charge is 2.18. The summed E-state index contributed by atoms with van der Waals surface area (Å²) in [5, 5.41) is 5.58. The normalized spacial score (nSPS) is 11.9. The van der Waals surface area contributed by atoms with E-state index in [9.17, 15) is 9.59 Å². The van der Waals surface area contributed by atoms with E-state index in [0.717, 1.165) is 6.42 Å². The van der Waals surface area contributed by atoms with Crippen molar-refractivity contribution in [2.75, 3.05) is 6.54 Å². The lowest BCUT2D eigenvalue weighted by molar-refractivity contribution is -0.122. The van der Waals surface area contributed by atoms with E-state index in [1.54, 1.807) is 0 Å². The van der Waals surface area contributed by atoms with Crippen LogP contribution in [0.5, 0.6) is 0 Å². The Morgan fingerprint density at radius 3 is 2.16 bits per heavy atom. The first kappa shape index (κ1) is 17.7. The van der Waals surface area contributed by atoms with Crippen LogP contribution in [-0.4, -0.2) is 29.7 Å². The van der Waals surface area contributed by atoms with Gasteiger partial charge in [0.1, 0.15) is 5.60 Å². The van der Waals surface area contributed by atoms with E-state index < -0.39 is 11.7 Å². The van der Waals surface area contributed by atoms with Crippen LogP contribution in [0.1, 0.15) is 60.8 Å². The molecule has 0 aromatic rings. The zero-order valence-corrected chi connectivity index (χ0v) is 13.1. The van der Waals surface area contributed by atoms with Crippen LogP contribution >= 0.6 is 0 Å². The Morgan fingerprint density at radius 1 is 1.11 bits per heavy atom. The van der Waals surface area contributed by atoms with Gasteiger partial charge in [-0.05, 0) is 47.5 Å². The molecule has 0 aliphatic carbocycles. The van der Waals surface area contributed by atoms with E-state index in [4.69, 9.17) is 4.74 Å². The molecule has 0 saturated heterocycles. The van der Waals surface area contributed by atoms with Crippen molar-refractivity contribution < 1.29 is 14.3 Å². The van der Waals surface area contributed by atoms with Gasteiger partial charge in [0.2, 0.25) is 5.91 Å². The van der Waals surface area contributed by atoms with Crippen LogP contribution in [0.3, 0.4) is 0 Å². The van der Waals surface area contributed by atoms with Crippen LogP contribution < -0.4 is 10.6 Å². The summed E-state index contributed by atoms with van der Waals surface area (Å²) in [5.41, 5.74) is -0.664. The van der Waals surface area contributed by atoms with Gasteiger partial charge >= 0.3 is 6.09 Å². The van der Waals surface area contributed by atoms with E-state index >= 15 is 0 Å². The van der Waals surface area contributed by atoms with Crippen molar-refractivity contribution in [3.8, 4) is 0 Å². The second-order valence-corrected chi connectivity index (χ2v) is 6.32. The van der Waals surface area contributed by atoms with Crippen LogP contribution in [0, 0.1) is 0 Å². The lowest BCUT2D eigenvalue weighted by atomic mass is 10.0. The average Bonchev–Trinajstić information content (AvgIpc) is 2.21. The molecule has 0 atom stereocenters. The summed E-state index contributed by atoms with van der Waals surface area (Å²) >= 11 is 0. The molecular weight excluding hydrogens is 244 g/mol. The fourth-order valence-corrected chi connectivity index (χ4v) is 1.28. The van der Waals surface area contributed by atoms with Crippen molar-refractivity contribution in [3.05, 3.63) is 0 Å². The minimum atomic E-state index is -0.493. The van der Waals surface area contributed by atoms with Crippen molar-refractivity contribution in [2.24, 2.45) is 0 Å². The third-order valence-corrected chi connectivity index (χ3v) is 2.61. The third-order valence-electron chi connectivity index (χ3n) is 2.61. The summed E-state index contributed by atoms with van der Waals surface area (Å²) in [5.74, 6) is 0.0119. The Morgan fingerprint density at radius 2 is 1.68 bits per heavy atom. The molecule has 0 aromatic heterocycles. The number of carbonyl (C=O) groups is 2. The average molecular weight is 272 g/mol. The van der Waals surface area contributed by atoms with Gasteiger partial charge in [-0.25, -0.2) is 4.79 Å². The Labute approximate surface area is 116 Å². The second-order valence-electron chi connectivity index (χ2n) is 6.32. The van der Waals surface area contributed by atoms with Gasteiger partial charge in [0, 0.05) is 18.5 Å². The minimum Gasteiger partial charge on any atom is -0.444 e. The molecule has 0 aliphatic rings. The summed E-state index contributed by atoms with van der Waals surface area (Å²) in [4.78, 5) is 23.0. The summed E-state index contributed by atoms with van der Waals surface area (Å²) in [6.45, 7) is 11.9. The molecule has 0 fully saturated rings. The van der Waals surface area contributed by atoms with Crippen molar-refractivity contribution in [3.63, 3.8) is 0 Å². The van der Waals surface area contributed by atoms with Crippen LogP contribution in [0.15, 0.2) is 0 Å². The first-order chi connectivity index (χ1) is 8.56. The molecule has 0 aliphatic heterocycles. The predicted molar refractivity (Wildman–Crippen MR) is 76.0 cm³/mol. The highest BCUT2D eigenvalue weighted by Crippen LogP contribution is 2.08. The maximum atomic E-state index is 11.6.